The summed E-state index contributed by atoms with van der Waals surface area (Å²) in [5.41, 5.74) is 0. The minimum atomic E-state index is -0.486. The minimum absolute atomic E-state index is 0.486. The molecule has 0 atom stereocenters. The summed E-state index contributed by atoms with van der Waals surface area (Å²) in [5.74, 6) is 0. The summed E-state index contributed by atoms with van der Waals surface area (Å²) in [5, 5.41) is 0. The maximum Gasteiger partial charge on any atom is 0.227 e. The summed E-state index contributed by atoms with van der Waals surface area (Å²) in [6, 6.07) is 0. The van der Waals surface area contributed by atoms with Crippen LogP contribution in [-0.4, -0.2) is 18.1 Å². The first-order valence-corrected chi connectivity index (χ1v) is 3.96. The number of hydrogen-bond donors (Lipinski definition) is 1. The molecular formula is C3H8INO2. The maximum absolute atomic E-state index is 5.22. The summed E-state index contributed by atoms with van der Waals surface area (Å²) < 4.78 is 15.1. The van der Waals surface area contributed by atoms with Gasteiger partial charge in [-0.2, -0.15) is 0 Å². The van der Waals surface area contributed by atoms with Gasteiger partial charge in [0.1, 0.15) is 0 Å². The maximum atomic E-state index is 5.22. The molecule has 0 unspecified atom stereocenters. The van der Waals surface area contributed by atoms with Crippen molar-refractivity contribution in [2.75, 3.05) is 14.2 Å². The van der Waals surface area contributed by atoms with Crippen molar-refractivity contribution >= 4 is 24.9 Å². The molecule has 0 aliphatic carbocycles. The number of rotatable bonds is 2. The second-order valence-electron chi connectivity index (χ2n) is 0.755. The van der Waals surface area contributed by atoms with Crippen molar-refractivity contribution in [3.63, 3.8) is 0 Å². The molecule has 7 heavy (non-hydrogen) atoms. The van der Waals surface area contributed by atoms with E-state index in [1.807, 2.05) is 0 Å². The van der Waals surface area contributed by atoms with E-state index in [0.29, 0.717) is 3.88 Å². The molecule has 0 saturated carbocycles. The van der Waals surface area contributed by atoms with Crippen LogP contribution in [0.5, 0.6) is 0 Å². The largest absolute Gasteiger partial charge is 0.324 e. The molecule has 44 valence electrons. The number of halogens is 1. The van der Waals surface area contributed by atoms with Gasteiger partial charge in [0.25, 0.3) is 0 Å². The fourth-order valence-electron chi connectivity index (χ4n) is 0.172. The van der Waals surface area contributed by atoms with Crippen LogP contribution in [0.3, 0.4) is 0 Å². The van der Waals surface area contributed by atoms with E-state index < -0.39 is 21.0 Å². The normalized spacial score (nSPS) is 9.00. The van der Waals surface area contributed by atoms with Gasteiger partial charge in [0.15, 0.2) is 0 Å². The monoisotopic (exact) mass is 217 g/mol. The Kier molecular flexibility index (Phi) is 4.95. The Labute approximate surface area is 52.9 Å². The lowest BCUT2D eigenvalue weighted by Gasteiger charge is -1.94. The molecule has 4 heteroatoms. The van der Waals surface area contributed by atoms with E-state index >= 15 is 0 Å². The Hall–Kier alpha value is 0.480. The van der Waals surface area contributed by atoms with Gasteiger partial charge in [-0.1, -0.05) is 0 Å². The van der Waals surface area contributed by atoms with Gasteiger partial charge in [-0.15, -0.1) is 0 Å². The lowest BCUT2D eigenvalue weighted by atomic mass is 11.4. The van der Waals surface area contributed by atoms with Crippen molar-refractivity contribution in [2.24, 2.45) is 3.95 Å². The van der Waals surface area contributed by atoms with Crippen LogP contribution >= 0.6 is 21.0 Å². The van der Waals surface area contributed by atoms with E-state index in [2.05, 4.69) is 9.47 Å². The molecule has 0 radical (unpaired) electrons. The van der Waals surface area contributed by atoms with Gasteiger partial charge in [0.2, 0.25) is 3.88 Å². The molecule has 0 saturated heterocycles. The van der Waals surface area contributed by atoms with E-state index in [0.717, 1.165) is 0 Å². The molecule has 0 aliphatic heterocycles. The summed E-state index contributed by atoms with van der Waals surface area (Å²) in [6.07, 6.45) is 0. The predicted molar refractivity (Wildman–Crippen MR) is 37.2 cm³/mol. The fourth-order valence-corrected chi connectivity index (χ4v) is 0.681. The van der Waals surface area contributed by atoms with Crippen LogP contribution in [0.4, 0.5) is 0 Å². The Balaban J connectivity index is 3.38. The molecule has 0 aliphatic rings. The van der Waals surface area contributed by atoms with E-state index in [1.165, 1.54) is 0 Å². The molecule has 0 bridgehead atoms. The van der Waals surface area contributed by atoms with Gasteiger partial charge in [0, 0.05) is 35.2 Å². The van der Waals surface area contributed by atoms with Gasteiger partial charge >= 0.3 is 0 Å². The first kappa shape index (κ1) is 7.48. The summed E-state index contributed by atoms with van der Waals surface area (Å²) in [6.45, 7) is 0. The first-order chi connectivity index (χ1) is 3.35. The summed E-state index contributed by atoms with van der Waals surface area (Å²) in [7, 11) is 3.09. The van der Waals surface area contributed by atoms with E-state index in [-0.39, 0.29) is 0 Å². The van der Waals surface area contributed by atoms with Gasteiger partial charge in [-0.05, 0) is 0 Å². The van der Waals surface area contributed by atoms with E-state index in [9.17, 15) is 0 Å². The molecule has 0 fully saturated rings. The minimum Gasteiger partial charge on any atom is -0.324 e. The third-order valence-corrected chi connectivity index (χ3v) is 1.80. The highest BCUT2D eigenvalue weighted by Crippen LogP contribution is 1.88. The molecule has 0 aromatic heterocycles. The Morgan fingerprint density at radius 1 is 1.43 bits per heavy atom. The third kappa shape index (κ3) is 3.10. The zero-order valence-corrected chi connectivity index (χ0v) is 6.43. The molecule has 0 aromatic rings. The predicted octanol–water partition coefficient (Wildman–Crippen LogP) is 0.211. The SMILES string of the molecule is COC(OC)=IN. The molecule has 0 amide bonds. The quantitative estimate of drug-likeness (QED) is 0.531. The van der Waals surface area contributed by atoms with Crippen LogP contribution in [0.25, 0.3) is 0 Å². The standard InChI is InChI=1S/C3H8INO2/c1-6-3(4-5)7-2/h5H2,1-2H3. The summed E-state index contributed by atoms with van der Waals surface area (Å²) in [4.78, 5) is 0. The van der Waals surface area contributed by atoms with Gasteiger partial charge in [-0.3, -0.25) is 3.95 Å². The van der Waals surface area contributed by atoms with Crippen molar-refractivity contribution in [3.05, 3.63) is 0 Å². The third-order valence-electron chi connectivity index (χ3n) is 0.410. The molecule has 0 aromatic carbocycles. The molecule has 0 rings (SSSR count). The zero-order chi connectivity index (χ0) is 5.70. The molecule has 0 spiro atoms. The van der Waals surface area contributed by atoms with Crippen molar-refractivity contribution in [2.45, 2.75) is 0 Å². The van der Waals surface area contributed by atoms with Crippen molar-refractivity contribution in [1.82, 2.24) is 0 Å². The highest BCUT2D eigenvalue weighted by atomic mass is 127. The first-order valence-electron chi connectivity index (χ1n) is 1.63. The van der Waals surface area contributed by atoms with Gasteiger partial charge in [-0.25, -0.2) is 0 Å². The van der Waals surface area contributed by atoms with Crippen molar-refractivity contribution < 1.29 is 9.47 Å². The van der Waals surface area contributed by atoms with Crippen LogP contribution in [0, 0.1) is 0 Å². The molecule has 3 nitrogen and oxygen atoms in total. The van der Waals surface area contributed by atoms with Gasteiger partial charge < -0.3 is 9.47 Å². The molecule has 2 N–H and O–H groups in total. The highest BCUT2D eigenvalue weighted by Gasteiger charge is 1.84. The Morgan fingerprint density at radius 2 is 1.86 bits per heavy atom. The Bertz CT molecular complexity index is 67.3. The number of methoxy groups -OCH3 is 2. The van der Waals surface area contributed by atoms with Crippen molar-refractivity contribution in [3.8, 4) is 0 Å². The fraction of sp³-hybridized carbons (Fsp3) is 0.667. The second-order valence-corrected chi connectivity index (χ2v) is 2.26. The smallest absolute Gasteiger partial charge is 0.227 e. The number of hydrogen-bond acceptors (Lipinski definition) is 3. The van der Waals surface area contributed by atoms with Gasteiger partial charge in [0.05, 0.1) is 0 Å². The van der Waals surface area contributed by atoms with Crippen LogP contribution in [-0.2, 0) is 9.47 Å². The highest BCUT2D eigenvalue weighted by molar-refractivity contribution is 14.2. The average Bonchev–Trinajstić information content (AvgIpc) is 1.72. The van der Waals surface area contributed by atoms with Crippen LogP contribution in [0.15, 0.2) is 0 Å². The zero-order valence-electron chi connectivity index (χ0n) is 4.27. The topological polar surface area (TPSA) is 44.5 Å². The average molecular weight is 217 g/mol. The van der Waals surface area contributed by atoms with Crippen molar-refractivity contribution in [1.29, 1.82) is 0 Å². The van der Waals surface area contributed by atoms with Crippen LogP contribution in [0.1, 0.15) is 0 Å². The number of nitrogens with two attached hydrogens (primary N) is 1. The van der Waals surface area contributed by atoms with Crippen LogP contribution < -0.4 is 3.95 Å². The van der Waals surface area contributed by atoms with E-state index in [1.54, 1.807) is 14.2 Å². The van der Waals surface area contributed by atoms with E-state index in [4.69, 9.17) is 3.95 Å². The Morgan fingerprint density at radius 3 is 1.86 bits per heavy atom. The molecule has 0 heterocycles. The second kappa shape index (κ2) is 4.63. The lowest BCUT2D eigenvalue weighted by molar-refractivity contribution is 0.260. The molecular weight excluding hydrogens is 209 g/mol. The summed E-state index contributed by atoms with van der Waals surface area (Å²) >= 11 is -0.486. The van der Waals surface area contributed by atoms with Crippen LogP contribution in [0.2, 0.25) is 0 Å². The number of ether oxygens (including phenoxy) is 2. The lowest BCUT2D eigenvalue weighted by Crippen LogP contribution is -2.00.